The summed E-state index contributed by atoms with van der Waals surface area (Å²) in [6.45, 7) is 0.273. The summed E-state index contributed by atoms with van der Waals surface area (Å²) in [5.74, 6) is -0.0335. The van der Waals surface area contributed by atoms with E-state index in [0.717, 1.165) is 17.7 Å². The fraction of sp³-hybridized carbons (Fsp3) is 0.150. The molecule has 8 heteroatoms. The number of aromatic nitrogens is 1. The van der Waals surface area contributed by atoms with Crippen molar-refractivity contribution in [2.45, 2.75) is 19.3 Å². The molecule has 0 aliphatic rings. The number of hydrogen-bond acceptors (Lipinski definition) is 2. The van der Waals surface area contributed by atoms with Gasteiger partial charge in [0.25, 0.3) is 5.56 Å². The van der Waals surface area contributed by atoms with Crippen LogP contribution in [0.3, 0.4) is 0 Å². The summed E-state index contributed by atoms with van der Waals surface area (Å²) in [6, 6.07) is 12.0. The minimum absolute atomic E-state index is 0.119. The third-order valence-corrected chi connectivity index (χ3v) is 4.74. The van der Waals surface area contributed by atoms with E-state index in [0.29, 0.717) is 11.3 Å². The van der Waals surface area contributed by atoms with Gasteiger partial charge in [0.05, 0.1) is 12.1 Å². The predicted molar refractivity (Wildman–Crippen MR) is 99.7 cm³/mol. The first-order valence-corrected chi connectivity index (χ1v) is 8.95. The monoisotopic (exact) mass is 455 g/mol. The molecule has 3 nitrogen and oxygen atoms in total. The van der Waals surface area contributed by atoms with Crippen molar-refractivity contribution in [3.63, 3.8) is 0 Å². The van der Waals surface area contributed by atoms with Crippen LogP contribution < -0.4 is 10.3 Å². The van der Waals surface area contributed by atoms with Gasteiger partial charge in [-0.1, -0.05) is 24.3 Å². The van der Waals surface area contributed by atoms with Gasteiger partial charge in [-0.2, -0.15) is 13.2 Å². The molecule has 0 amide bonds. The maximum Gasteiger partial charge on any atom is 0.416 e. The number of hydrogen-bond donors (Lipinski definition) is 0. The van der Waals surface area contributed by atoms with Crippen LogP contribution in [0.5, 0.6) is 5.75 Å². The van der Waals surface area contributed by atoms with Crippen molar-refractivity contribution < 1.29 is 22.3 Å². The van der Waals surface area contributed by atoms with E-state index < -0.39 is 11.7 Å². The zero-order valence-corrected chi connectivity index (χ0v) is 15.9. The topological polar surface area (TPSA) is 31.2 Å². The fourth-order valence-corrected chi connectivity index (χ4v) is 2.98. The van der Waals surface area contributed by atoms with Gasteiger partial charge in [0.2, 0.25) is 0 Å². The van der Waals surface area contributed by atoms with Crippen LogP contribution in [0.15, 0.2) is 70.1 Å². The van der Waals surface area contributed by atoms with Crippen LogP contribution in [0.1, 0.15) is 16.7 Å². The van der Waals surface area contributed by atoms with E-state index in [4.69, 9.17) is 4.74 Å². The Morgan fingerprint density at radius 1 is 0.929 bits per heavy atom. The fourth-order valence-electron chi connectivity index (χ4n) is 2.50. The van der Waals surface area contributed by atoms with Crippen LogP contribution in [-0.2, 0) is 19.3 Å². The lowest BCUT2D eigenvalue weighted by Gasteiger charge is -2.12. The van der Waals surface area contributed by atoms with Crippen molar-refractivity contribution in [2.24, 2.45) is 0 Å². The first-order chi connectivity index (χ1) is 13.2. The van der Waals surface area contributed by atoms with Crippen LogP contribution in [0.2, 0.25) is 0 Å². The molecule has 1 heterocycles. The number of halogens is 5. The molecule has 0 saturated heterocycles. The quantitative estimate of drug-likeness (QED) is 0.482. The molecule has 3 rings (SSSR count). The SMILES string of the molecule is O=c1c(Br)c(OCc2ccc(F)cc2)ccn1Cc1ccc(C(F)(F)F)cc1. The molecule has 0 saturated carbocycles. The number of pyridine rings is 1. The van der Waals surface area contributed by atoms with Gasteiger partial charge in [-0.25, -0.2) is 4.39 Å². The number of ether oxygens (including phenoxy) is 1. The Morgan fingerprint density at radius 3 is 2.14 bits per heavy atom. The van der Waals surface area contributed by atoms with Crippen LogP contribution in [0.25, 0.3) is 0 Å². The smallest absolute Gasteiger partial charge is 0.416 e. The summed E-state index contributed by atoms with van der Waals surface area (Å²) in [5.41, 5.74) is 0.176. The maximum absolute atomic E-state index is 12.9. The van der Waals surface area contributed by atoms with Crippen LogP contribution in [0, 0.1) is 5.82 Å². The molecule has 0 aliphatic carbocycles. The summed E-state index contributed by atoms with van der Waals surface area (Å²) in [4.78, 5) is 12.5. The molecule has 28 heavy (non-hydrogen) atoms. The van der Waals surface area contributed by atoms with Crippen molar-refractivity contribution in [1.29, 1.82) is 0 Å². The summed E-state index contributed by atoms with van der Waals surface area (Å²) in [5, 5.41) is 0. The van der Waals surface area contributed by atoms with E-state index in [2.05, 4.69) is 15.9 Å². The average Bonchev–Trinajstić information content (AvgIpc) is 2.66. The number of benzene rings is 2. The molecule has 0 radical (unpaired) electrons. The zero-order valence-electron chi connectivity index (χ0n) is 14.3. The Morgan fingerprint density at radius 2 is 1.54 bits per heavy atom. The van der Waals surface area contributed by atoms with Crippen molar-refractivity contribution in [3.05, 3.63) is 98.1 Å². The molecule has 3 aromatic rings. The number of alkyl halides is 3. The zero-order chi connectivity index (χ0) is 20.3. The highest BCUT2D eigenvalue weighted by Gasteiger charge is 2.29. The highest BCUT2D eigenvalue weighted by molar-refractivity contribution is 9.10. The molecule has 0 aliphatic heterocycles. The van der Waals surface area contributed by atoms with Gasteiger partial charge in [0, 0.05) is 6.20 Å². The maximum atomic E-state index is 12.9. The second-order valence-corrected chi connectivity index (χ2v) is 6.83. The highest BCUT2D eigenvalue weighted by Crippen LogP contribution is 2.29. The van der Waals surface area contributed by atoms with Crippen molar-refractivity contribution in [3.8, 4) is 5.75 Å². The van der Waals surface area contributed by atoms with Crippen LogP contribution >= 0.6 is 15.9 Å². The van der Waals surface area contributed by atoms with Gasteiger partial charge in [0.15, 0.2) is 0 Å². The standard InChI is InChI=1S/C20H14BrF4NO2/c21-18-17(28-12-14-3-7-16(22)8-4-14)9-10-26(19(18)27)11-13-1-5-15(6-2-13)20(23,24)25/h1-10H,11-12H2. The largest absolute Gasteiger partial charge is 0.487 e. The molecule has 1 aromatic heterocycles. The molecule has 0 bridgehead atoms. The summed E-state index contributed by atoms with van der Waals surface area (Å²) in [7, 11) is 0. The molecular weight excluding hydrogens is 442 g/mol. The molecule has 0 N–H and O–H groups in total. The Hall–Kier alpha value is -2.61. The lowest BCUT2D eigenvalue weighted by atomic mass is 10.1. The molecule has 0 spiro atoms. The second-order valence-electron chi connectivity index (χ2n) is 6.04. The Kier molecular flexibility index (Phi) is 5.88. The summed E-state index contributed by atoms with van der Waals surface area (Å²) >= 11 is 3.20. The number of rotatable bonds is 5. The molecular formula is C20H14BrF4NO2. The minimum Gasteiger partial charge on any atom is -0.487 e. The van der Waals surface area contributed by atoms with Gasteiger partial charge < -0.3 is 9.30 Å². The van der Waals surface area contributed by atoms with E-state index in [-0.39, 0.29) is 29.0 Å². The van der Waals surface area contributed by atoms with Gasteiger partial charge in [-0.3, -0.25) is 4.79 Å². The van der Waals surface area contributed by atoms with E-state index >= 15 is 0 Å². The third-order valence-electron chi connectivity index (χ3n) is 4.01. The molecule has 2 aromatic carbocycles. The third kappa shape index (κ3) is 4.81. The Balaban J connectivity index is 1.72. The van der Waals surface area contributed by atoms with Gasteiger partial charge >= 0.3 is 6.18 Å². The predicted octanol–water partition coefficient (Wildman–Crippen LogP) is 5.40. The first-order valence-electron chi connectivity index (χ1n) is 8.16. The van der Waals surface area contributed by atoms with Crippen LogP contribution in [-0.4, -0.2) is 4.57 Å². The second kappa shape index (κ2) is 8.18. The molecule has 0 unspecified atom stereocenters. The molecule has 0 atom stereocenters. The molecule has 0 fully saturated rings. The Labute approximate surface area is 166 Å². The van der Waals surface area contributed by atoms with Crippen LogP contribution in [0.4, 0.5) is 17.6 Å². The van der Waals surface area contributed by atoms with E-state index in [1.54, 1.807) is 18.2 Å². The van der Waals surface area contributed by atoms with Gasteiger partial charge in [-0.15, -0.1) is 0 Å². The highest BCUT2D eigenvalue weighted by atomic mass is 79.9. The van der Waals surface area contributed by atoms with Crippen molar-refractivity contribution >= 4 is 15.9 Å². The van der Waals surface area contributed by atoms with Gasteiger partial charge in [-0.05, 0) is 57.4 Å². The van der Waals surface area contributed by atoms with E-state index in [9.17, 15) is 22.4 Å². The lowest BCUT2D eigenvalue weighted by Crippen LogP contribution is -2.21. The summed E-state index contributed by atoms with van der Waals surface area (Å²) in [6.07, 6.45) is -2.90. The van der Waals surface area contributed by atoms with E-state index in [1.807, 2.05) is 0 Å². The van der Waals surface area contributed by atoms with Crippen molar-refractivity contribution in [1.82, 2.24) is 4.57 Å². The molecule has 146 valence electrons. The lowest BCUT2D eigenvalue weighted by molar-refractivity contribution is -0.137. The van der Waals surface area contributed by atoms with E-state index in [1.165, 1.54) is 35.0 Å². The summed E-state index contributed by atoms with van der Waals surface area (Å²) < 4.78 is 58.0. The van der Waals surface area contributed by atoms with Crippen molar-refractivity contribution in [2.75, 3.05) is 0 Å². The minimum atomic E-state index is -4.40. The Bertz CT molecular complexity index is 1010. The number of nitrogens with zero attached hydrogens (tertiary/aromatic N) is 1. The van der Waals surface area contributed by atoms with Gasteiger partial charge in [0.1, 0.15) is 22.6 Å². The first kappa shape index (κ1) is 20.1. The normalized spacial score (nSPS) is 11.5. The average molecular weight is 456 g/mol.